The molecule has 5 heteroatoms. The summed E-state index contributed by atoms with van der Waals surface area (Å²) in [7, 11) is 0. The maximum absolute atomic E-state index is 10.3. The molecule has 0 aliphatic heterocycles. The Balaban J connectivity index is 0.000000500. The van der Waals surface area contributed by atoms with Gasteiger partial charge in [0, 0.05) is 6.92 Å². The molecule has 1 rings (SSSR count). The van der Waals surface area contributed by atoms with Crippen LogP contribution in [0, 0.1) is 0 Å². The molecular weight excluding hydrogens is 188 g/mol. The molecule has 0 saturated carbocycles. The molecule has 80 valence electrons. The SMILES string of the molecule is CC(=O)OCc1coc(=O)o1.CCC. The maximum atomic E-state index is 10.3. The lowest BCUT2D eigenvalue weighted by atomic mass is 10.6. The molecule has 1 heterocycles. The average molecular weight is 202 g/mol. The number of rotatable bonds is 2. The summed E-state index contributed by atoms with van der Waals surface area (Å²) in [6.45, 7) is 5.44. The van der Waals surface area contributed by atoms with Crippen LogP contribution in [0.3, 0.4) is 0 Å². The van der Waals surface area contributed by atoms with Crippen molar-refractivity contribution in [3.05, 3.63) is 22.6 Å². The molecular formula is C9H14O5. The molecule has 0 spiro atoms. The highest BCUT2D eigenvalue weighted by Crippen LogP contribution is 1.97. The van der Waals surface area contributed by atoms with Gasteiger partial charge in [-0.1, -0.05) is 20.3 Å². The molecule has 0 aliphatic rings. The van der Waals surface area contributed by atoms with Crippen LogP contribution in [-0.4, -0.2) is 5.97 Å². The summed E-state index contributed by atoms with van der Waals surface area (Å²) in [6, 6.07) is 0. The van der Waals surface area contributed by atoms with E-state index in [1.807, 2.05) is 0 Å². The first-order valence-corrected chi connectivity index (χ1v) is 4.31. The van der Waals surface area contributed by atoms with Crippen molar-refractivity contribution in [3.8, 4) is 0 Å². The van der Waals surface area contributed by atoms with Crippen molar-refractivity contribution in [1.29, 1.82) is 0 Å². The van der Waals surface area contributed by atoms with Crippen molar-refractivity contribution in [3.63, 3.8) is 0 Å². The van der Waals surface area contributed by atoms with E-state index in [1.54, 1.807) is 0 Å². The van der Waals surface area contributed by atoms with Gasteiger partial charge in [-0.15, -0.1) is 0 Å². The zero-order valence-corrected chi connectivity index (χ0v) is 8.53. The highest BCUT2D eigenvalue weighted by molar-refractivity contribution is 5.65. The second kappa shape index (κ2) is 6.94. The first-order valence-electron chi connectivity index (χ1n) is 4.31. The molecule has 0 N–H and O–H groups in total. The van der Waals surface area contributed by atoms with E-state index in [1.165, 1.54) is 13.3 Å². The van der Waals surface area contributed by atoms with Crippen LogP contribution in [0.5, 0.6) is 0 Å². The second-order valence-corrected chi connectivity index (χ2v) is 2.54. The number of hydrogen-bond acceptors (Lipinski definition) is 5. The van der Waals surface area contributed by atoms with Crippen molar-refractivity contribution in [2.75, 3.05) is 0 Å². The summed E-state index contributed by atoms with van der Waals surface area (Å²) in [4.78, 5) is 20.5. The zero-order valence-electron chi connectivity index (χ0n) is 8.53. The number of esters is 1. The minimum atomic E-state index is -0.799. The van der Waals surface area contributed by atoms with Crippen LogP contribution >= 0.6 is 0 Å². The molecule has 0 radical (unpaired) electrons. The standard InChI is InChI=1S/C6H6O5.C3H8/c1-4(7)9-2-5-3-10-6(8)11-5;1-3-2/h3H,2H2,1H3;3H2,1-2H3. The quantitative estimate of drug-likeness (QED) is 0.683. The van der Waals surface area contributed by atoms with Crippen LogP contribution in [0.4, 0.5) is 0 Å². The van der Waals surface area contributed by atoms with E-state index in [9.17, 15) is 9.59 Å². The third-order valence-corrected chi connectivity index (χ3v) is 0.919. The molecule has 1 aromatic heterocycles. The van der Waals surface area contributed by atoms with E-state index in [0.717, 1.165) is 6.26 Å². The van der Waals surface area contributed by atoms with Crippen LogP contribution < -0.4 is 5.82 Å². The highest BCUT2D eigenvalue weighted by atomic mass is 16.6. The Morgan fingerprint density at radius 3 is 2.43 bits per heavy atom. The van der Waals surface area contributed by atoms with Gasteiger partial charge in [-0.25, -0.2) is 4.79 Å². The molecule has 0 fully saturated rings. The molecule has 0 unspecified atom stereocenters. The Kier molecular flexibility index (Phi) is 6.19. The van der Waals surface area contributed by atoms with Gasteiger partial charge in [-0.2, -0.15) is 0 Å². The van der Waals surface area contributed by atoms with Gasteiger partial charge in [0.2, 0.25) is 0 Å². The summed E-state index contributed by atoms with van der Waals surface area (Å²) in [5, 5.41) is 0. The van der Waals surface area contributed by atoms with Crippen LogP contribution in [-0.2, 0) is 16.1 Å². The number of carbonyl (C=O) groups is 1. The lowest BCUT2D eigenvalue weighted by molar-refractivity contribution is -0.142. The van der Waals surface area contributed by atoms with E-state index in [2.05, 4.69) is 27.4 Å². The zero-order chi connectivity index (χ0) is 11.0. The monoisotopic (exact) mass is 202 g/mol. The minimum absolute atomic E-state index is 0.0684. The first kappa shape index (κ1) is 12.5. The van der Waals surface area contributed by atoms with Gasteiger partial charge in [0.1, 0.15) is 6.26 Å². The lowest BCUT2D eigenvalue weighted by Crippen LogP contribution is -1.98. The van der Waals surface area contributed by atoms with Gasteiger partial charge >= 0.3 is 11.8 Å². The summed E-state index contributed by atoms with van der Waals surface area (Å²) in [6.07, 6.45) is 2.35. The fourth-order valence-electron chi connectivity index (χ4n) is 0.505. The third kappa shape index (κ3) is 6.05. The molecule has 0 aromatic carbocycles. The molecule has 0 aliphatic carbocycles. The summed E-state index contributed by atoms with van der Waals surface area (Å²) in [5.74, 6) is -1.04. The second-order valence-electron chi connectivity index (χ2n) is 2.54. The molecule has 0 bridgehead atoms. The predicted octanol–water partition coefficient (Wildman–Crippen LogP) is 1.71. The third-order valence-electron chi connectivity index (χ3n) is 0.919. The summed E-state index contributed by atoms with van der Waals surface area (Å²) >= 11 is 0. The van der Waals surface area contributed by atoms with Crippen molar-refractivity contribution in [2.24, 2.45) is 0 Å². The van der Waals surface area contributed by atoms with Gasteiger partial charge in [-0.05, 0) is 0 Å². The fourth-order valence-corrected chi connectivity index (χ4v) is 0.505. The molecule has 0 atom stereocenters. The van der Waals surface area contributed by atoms with Crippen LogP contribution in [0.1, 0.15) is 33.0 Å². The van der Waals surface area contributed by atoms with E-state index >= 15 is 0 Å². The van der Waals surface area contributed by atoms with Gasteiger partial charge in [0.25, 0.3) is 0 Å². The molecule has 5 nitrogen and oxygen atoms in total. The van der Waals surface area contributed by atoms with Crippen LogP contribution in [0.15, 0.2) is 19.9 Å². The Bertz CT molecular complexity index is 309. The van der Waals surface area contributed by atoms with Crippen molar-refractivity contribution in [2.45, 2.75) is 33.8 Å². The van der Waals surface area contributed by atoms with Gasteiger partial charge in [-0.3, -0.25) is 4.79 Å². The van der Waals surface area contributed by atoms with E-state index in [-0.39, 0.29) is 12.4 Å². The normalized spacial score (nSPS) is 8.79. The fraction of sp³-hybridized carbons (Fsp3) is 0.556. The molecule has 14 heavy (non-hydrogen) atoms. The smallest absolute Gasteiger partial charge is 0.458 e. The van der Waals surface area contributed by atoms with Crippen LogP contribution in [0.25, 0.3) is 0 Å². The highest BCUT2D eigenvalue weighted by Gasteiger charge is 2.01. The van der Waals surface area contributed by atoms with E-state index < -0.39 is 11.8 Å². The number of ether oxygens (including phenoxy) is 1. The van der Waals surface area contributed by atoms with E-state index in [0.29, 0.717) is 0 Å². The average Bonchev–Trinajstić information content (AvgIpc) is 2.49. The topological polar surface area (TPSA) is 69.7 Å². The predicted molar refractivity (Wildman–Crippen MR) is 48.7 cm³/mol. The Hall–Kier alpha value is -1.52. The number of carbonyl (C=O) groups excluding carboxylic acids is 1. The largest absolute Gasteiger partial charge is 0.518 e. The van der Waals surface area contributed by atoms with Gasteiger partial charge in [0.05, 0.1) is 0 Å². The Labute approximate surface area is 81.7 Å². The number of hydrogen-bond donors (Lipinski definition) is 0. The Morgan fingerprint density at radius 2 is 2.07 bits per heavy atom. The Morgan fingerprint density at radius 1 is 1.50 bits per heavy atom. The molecule has 0 saturated heterocycles. The van der Waals surface area contributed by atoms with Crippen molar-refractivity contribution >= 4 is 5.97 Å². The summed E-state index contributed by atoms with van der Waals surface area (Å²) < 4.78 is 13.2. The lowest BCUT2D eigenvalue weighted by Gasteiger charge is -1.93. The first-order chi connectivity index (χ1) is 6.60. The van der Waals surface area contributed by atoms with Crippen molar-refractivity contribution < 1.29 is 18.4 Å². The molecule has 0 amide bonds. The van der Waals surface area contributed by atoms with Gasteiger partial charge < -0.3 is 13.6 Å². The van der Waals surface area contributed by atoms with Crippen LogP contribution in [0.2, 0.25) is 0 Å². The maximum Gasteiger partial charge on any atom is 0.518 e. The summed E-state index contributed by atoms with van der Waals surface area (Å²) in [5.41, 5.74) is 0. The van der Waals surface area contributed by atoms with E-state index in [4.69, 9.17) is 0 Å². The van der Waals surface area contributed by atoms with Crippen molar-refractivity contribution in [1.82, 2.24) is 0 Å². The van der Waals surface area contributed by atoms with Gasteiger partial charge in [0.15, 0.2) is 12.4 Å². The molecule has 1 aromatic rings. The minimum Gasteiger partial charge on any atom is -0.458 e.